The van der Waals surface area contributed by atoms with E-state index >= 15 is 0 Å². The minimum atomic E-state index is 0.203. The Morgan fingerprint density at radius 2 is 1.88 bits per heavy atom. The minimum absolute atomic E-state index is 0.203. The maximum absolute atomic E-state index is 9.69. The van der Waals surface area contributed by atoms with Gasteiger partial charge < -0.3 is 16.2 Å². The molecule has 0 radical (unpaired) electrons. The SMILES string of the molecule is C=C(Nc1cccc(N)c1)c1ccccc1O. The van der Waals surface area contributed by atoms with E-state index in [2.05, 4.69) is 11.9 Å². The van der Waals surface area contributed by atoms with Crippen LogP contribution in [0.1, 0.15) is 5.56 Å². The van der Waals surface area contributed by atoms with Crippen molar-refractivity contribution in [3.63, 3.8) is 0 Å². The smallest absolute Gasteiger partial charge is 0.124 e. The van der Waals surface area contributed by atoms with E-state index in [-0.39, 0.29) is 5.75 Å². The summed E-state index contributed by atoms with van der Waals surface area (Å²) in [7, 11) is 0. The van der Waals surface area contributed by atoms with Gasteiger partial charge >= 0.3 is 0 Å². The van der Waals surface area contributed by atoms with Crippen LogP contribution in [0.3, 0.4) is 0 Å². The number of hydrogen-bond donors (Lipinski definition) is 3. The highest BCUT2D eigenvalue weighted by atomic mass is 16.3. The van der Waals surface area contributed by atoms with Crippen LogP contribution in [0, 0.1) is 0 Å². The largest absolute Gasteiger partial charge is 0.507 e. The Kier molecular flexibility index (Phi) is 3.01. The molecular weight excluding hydrogens is 212 g/mol. The van der Waals surface area contributed by atoms with Crippen LogP contribution < -0.4 is 11.1 Å². The predicted octanol–water partition coefficient (Wildman–Crippen LogP) is 3.06. The molecule has 17 heavy (non-hydrogen) atoms. The molecule has 3 heteroatoms. The summed E-state index contributed by atoms with van der Waals surface area (Å²) in [5.74, 6) is 0.203. The fourth-order valence-electron chi connectivity index (χ4n) is 1.59. The van der Waals surface area contributed by atoms with E-state index in [0.717, 1.165) is 5.69 Å². The highest BCUT2D eigenvalue weighted by molar-refractivity contribution is 5.78. The molecular formula is C14H14N2O. The number of nitrogens with two attached hydrogens (primary N) is 1. The van der Waals surface area contributed by atoms with Crippen molar-refractivity contribution < 1.29 is 5.11 Å². The molecule has 0 fully saturated rings. The van der Waals surface area contributed by atoms with Gasteiger partial charge in [0.05, 0.1) is 0 Å². The second kappa shape index (κ2) is 4.61. The van der Waals surface area contributed by atoms with E-state index in [1.54, 1.807) is 18.2 Å². The third kappa shape index (κ3) is 2.58. The first-order valence-corrected chi connectivity index (χ1v) is 5.26. The standard InChI is InChI=1S/C14H14N2O/c1-10(13-7-2-3-8-14(13)17)16-12-6-4-5-11(15)9-12/h2-9,16-17H,1,15H2. The molecule has 3 nitrogen and oxygen atoms in total. The Morgan fingerprint density at radius 1 is 1.12 bits per heavy atom. The van der Waals surface area contributed by atoms with Crippen LogP contribution >= 0.6 is 0 Å². The van der Waals surface area contributed by atoms with Gasteiger partial charge in [0.25, 0.3) is 0 Å². The number of hydrogen-bond acceptors (Lipinski definition) is 3. The molecule has 0 saturated carbocycles. The van der Waals surface area contributed by atoms with Crippen LogP contribution in [-0.4, -0.2) is 5.11 Å². The minimum Gasteiger partial charge on any atom is -0.507 e. The van der Waals surface area contributed by atoms with Gasteiger partial charge in [0.1, 0.15) is 5.75 Å². The molecule has 2 aromatic carbocycles. The summed E-state index contributed by atoms with van der Waals surface area (Å²) in [4.78, 5) is 0. The Labute approximate surface area is 100 Å². The summed E-state index contributed by atoms with van der Waals surface area (Å²) in [5.41, 5.74) is 8.52. The number of benzene rings is 2. The third-order valence-electron chi connectivity index (χ3n) is 2.41. The highest BCUT2D eigenvalue weighted by Crippen LogP contribution is 2.25. The van der Waals surface area contributed by atoms with Crippen LogP contribution in [0.25, 0.3) is 5.70 Å². The molecule has 86 valence electrons. The zero-order chi connectivity index (χ0) is 12.3. The lowest BCUT2D eigenvalue weighted by atomic mass is 10.1. The summed E-state index contributed by atoms with van der Waals surface area (Å²) in [6.07, 6.45) is 0. The molecule has 2 rings (SSSR count). The van der Waals surface area contributed by atoms with E-state index in [1.165, 1.54) is 0 Å². The number of nitrogen functional groups attached to an aromatic ring is 1. The van der Waals surface area contributed by atoms with Crippen molar-refractivity contribution in [1.82, 2.24) is 0 Å². The lowest BCUT2D eigenvalue weighted by Gasteiger charge is -2.11. The molecule has 0 aliphatic carbocycles. The summed E-state index contributed by atoms with van der Waals surface area (Å²) >= 11 is 0. The first-order valence-electron chi connectivity index (χ1n) is 5.26. The molecule has 0 bridgehead atoms. The molecule has 2 aromatic rings. The number of aromatic hydroxyl groups is 1. The van der Waals surface area contributed by atoms with Crippen molar-refractivity contribution in [2.24, 2.45) is 0 Å². The Morgan fingerprint density at radius 3 is 2.59 bits per heavy atom. The quantitative estimate of drug-likeness (QED) is 0.705. The molecule has 0 heterocycles. The Balaban J connectivity index is 2.20. The van der Waals surface area contributed by atoms with E-state index < -0.39 is 0 Å². The molecule has 0 amide bonds. The molecule has 0 saturated heterocycles. The normalized spacial score (nSPS) is 9.88. The van der Waals surface area contributed by atoms with Gasteiger partial charge in [-0.25, -0.2) is 0 Å². The Hall–Kier alpha value is -2.42. The van der Waals surface area contributed by atoms with Gasteiger partial charge in [-0.1, -0.05) is 24.8 Å². The zero-order valence-electron chi connectivity index (χ0n) is 9.35. The van der Waals surface area contributed by atoms with Gasteiger partial charge in [0, 0.05) is 22.6 Å². The molecule has 0 unspecified atom stereocenters. The van der Waals surface area contributed by atoms with Crippen molar-refractivity contribution in [3.8, 4) is 5.75 Å². The molecule has 4 N–H and O–H groups in total. The fraction of sp³-hybridized carbons (Fsp3) is 0. The summed E-state index contributed by atoms with van der Waals surface area (Å²) < 4.78 is 0. The van der Waals surface area contributed by atoms with Crippen molar-refractivity contribution >= 4 is 17.1 Å². The fourth-order valence-corrected chi connectivity index (χ4v) is 1.59. The van der Waals surface area contributed by atoms with Crippen molar-refractivity contribution in [3.05, 3.63) is 60.7 Å². The number of rotatable bonds is 3. The molecule has 0 aromatic heterocycles. The number of phenolic OH excluding ortho intramolecular Hbond substituents is 1. The number of phenols is 1. The monoisotopic (exact) mass is 226 g/mol. The van der Waals surface area contributed by atoms with E-state index in [9.17, 15) is 5.11 Å². The van der Waals surface area contributed by atoms with Gasteiger partial charge in [-0.15, -0.1) is 0 Å². The van der Waals surface area contributed by atoms with Gasteiger partial charge in [0.2, 0.25) is 0 Å². The Bertz CT molecular complexity index is 549. The van der Waals surface area contributed by atoms with Gasteiger partial charge in [0.15, 0.2) is 0 Å². The number of para-hydroxylation sites is 1. The van der Waals surface area contributed by atoms with E-state index in [4.69, 9.17) is 5.73 Å². The average molecular weight is 226 g/mol. The van der Waals surface area contributed by atoms with Gasteiger partial charge in [-0.05, 0) is 30.3 Å². The predicted molar refractivity (Wildman–Crippen MR) is 71.6 cm³/mol. The van der Waals surface area contributed by atoms with Crippen LogP contribution in [-0.2, 0) is 0 Å². The first kappa shape index (κ1) is 11.1. The first-order chi connectivity index (χ1) is 8.16. The summed E-state index contributed by atoms with van der Waals surface area (Å²) in [6.45, 7) is 3.90. The second-order valence-electron chi connectivity index (χ2n) is 3.75. The zero-order valence-corrected chi connectivity index (χ0v) is 9.35. The topological polar surface area (TPSA) is 58.3 Å². The van der Waals surface area contributed by atoms with Crippen LogP contribution in [0.2, 0.25) is 0 Å². The van der Waals surface area contributed by atoms with Crippen LogP contribution in [0.4, 0.5) is 11.4 Å². The van der Waals surface area contributed by atoms with E-state index in [0.29, 0.717) is 16.9 Å². The molecule has 0 aliphatic heterocycles. The van der Waals surface area contributed by atoms with Crippen molar-refractivity contribution in [2.45, 2.75) is 0 Å². The maximum Gasteiger partial charge on any atom is 0.124 e. The van der Waals surface area contributed by atoms with Crippen molar-refractivity contribution in [2.75, 3.05) is 11.1 Å². The molecule has 0 atom stereocenters. The van der Waals surface area contributed by atoms with Crippen molar-refractivity contribution in [1.29, 1.82) is 0 Å². The molecule has 0 aliphatic rings. The average Bonchev–Trinajstić information content (AvgIpc) is 2.29. The third-order valence-corrected chi connectivity index (χ3v) is 2.41. The lowest BCUT2D eigenvalue weighted by molar-refractivity contribution is 0.473. The lowest BCUT2D eigenvalue weighted by Crippen LogP contribution is -1.98. The highest BCUT2D eigenvalue weighted by Gasteiger charge is 2.04. The summed E-state index contributed by atoms with van der Waals surface area (Å²) in [6, 6.07) is 14.4. The van der Waals surface area contributed by atoms with Crippen LogP contribution in [0.5, 0.6) is 5.75 Å². The van der Waals surface area contributed by atoms with Gasteiger partial charge in [-0.3, -0.25) is 0 Å². The number of nitrogens with one attached hydrogen (secondary N) is 1. The van der Waals surface area contributed by atoms with Gasteiger partial charge in [-0.2, -0.15) is 0 Å². The second-order valence-corrected chi connectivity index (χ2v) is 3.75. The van der Waals surface area contributed by atoms with Crippen LogP contribution in [0.15, 0.2) is 55.1 Å². The number of anilines is 2. The van der Waals surface area contributed by atoms with E-state index in [1.807, 2.05) is 30.3 Å². The molecule has 0 spiro atoms. The summed E-state index contributed by atoms with van der Waals surface area (Å²) in [5, 5.41) is 12.8. The maximum atomic E-state index is 9.69.